The Hall–Kier alpha value is -3.13. The molecule has 1 amide bonds. The van der Waals surface area contributed by atoms with Crippen LogP contribution in [0.15, 0.2) is 48.8 Å². The van der Waals surface area contributed by atoms with Gasteiger partial charge in [0.2, 0.25) is 5.82 Å². The third kappa shape index (κ3) is 3.91. The Labute approximate surface area is 162 Å². The van der Waals surface area contributed by atoms with Crippen molar-refractivity contribution in [3.8, 4) is 5.69 Å². The second kappa shape index (κ2) is 7.85. The number of carbonyl (C=O) groups excluding carboxylic acids is 1. The van der Waals surface area contributed by atoms with Gasteiger partial charge in [-0.1, -0.05) is 6.07 Å². The first kappa shape index (κ1) is 18.2. The molecule has 1 saturated heterocycles. The van der Waals surface area contributed by atoms with Crippen LogP contribution in [0.2, 0.25) is 0 Å². The van der Waals surface area contributed by atoms with Crippen LogP contribution in [0.1, 0.15) is 22.0 Å². The topological polar surface area (TPSA) is 67.2 Å². The van der Waals surface area contributed by atoms with E-state index in [4.69, 9.17) is 0 Å². The Morgan fingerprint density at radius 2 is 1.86 bits per heavy atom. The van der Waals surface area contributed by atoms with Crippen molar-refractivity contribution in [1.29, 1.82) is 0 Å². The monoisotopic (exact) mass is 380 g/mol. The molecule has 0 N–H and O–H groups in total. The molecule has 7 nitrogen and oxygen atoms in total. The van der Waals surface area contributed by atoms with E-state index in [2.05, 4.69) is 26.0 Å². The van der Waals surface area contributed by atoms with Crippen LogP contribution >= 0.6 is 0 Å². The molecule has 1 fully saturated rings. The maximum Gasteiger partial charge on any atom is 0.293 e. The first-order valence-electron chi connectivity index (χ1n) is 9.20. The molecular weight excluding hydrogens is 359 g/mol. The van der Waals surface area contributed by atoms with Gasteiger partial charge < -0.3 is 4.90 Å². The van der Waals surface area contributed by atoms with Crippen LogP contribution in [-0.4, -0.2) is 61.6 Å². The summed E-state index contributed by atoms with van der Waals surface area (Å²) in [5, 5.41) is 4.34. The third-order valence-corrected chi connectivity index (χ3v) is 4.82. The quantitative estimate of drug-likeness (QED) is 0.693. The van der Waals surface area contributed by atoms with Gasteiger partial charge in [-0.3, -0.25) is 14.7 Å². The number of rotatable bonds is 4. The van der Waals surface area contributed by atoms with E-state index in [0.717, 1.165) is 25.2 Å². The molecule has 2 aromatic heterocycles. The molecule has 1 aliphatic rings. The van der Waals surface area contributed by atoms with Gasteiger partial charge in [0.1, 0.15) is 11.6 Å². The van der Waals surface area contributed by atoms with Crippen LogP contribution in [0, 0.1) is 12.7 Å². The molecule has 8 heteroatoms. The number of aromatic nitrogens is 4. The van der Waals surface area contributed by atoms with Crippen LogP contribution in [-0.2, 0) is 6.54 Å². The van der Waals surface area contributed by atoms with E-state index in [1.165, 1.54) is 12.1 Å². The Balaban J connectivity index is 1.40. The molecule has 0 bridgehead atoms. The summed E-state index contributed by atoms with van der Waals surface area (Å²) < 4.78 is 14.7. The molecule has 1 aliphatic heterocycles. The zero-order valence-corrected chi connectivity index (χ0v) is 15.6. The van der Waals surface area contributed by atoms with Gasteiger partial charge in [-0.2, -0.15) is 0 Å². The van der Waals surface area contributed by atoms with Crippen molar-refractivity contribution in [2.75, 3.05) is 26.2 Å². The molecule has 28 heavy (non-hydrogen) atoms. The molecule has 3 aromatic rings. The SMILES string of the molecule is Cc1nc(C(=O)N2CCN(Cc3cccnc3)CC2)nn1-c1ccc(F)cc1. The van der Waals surface area contributed by atoms with Crippen molar-refractivity contribution >= 4 is 5.91 Å². The standard InChI is InChI=1S/C20H21FN6O/c1-15-23-19(24-27(15)18-6-4-17(21)5-7-18)20(28)26-11-9-25(10-12-26)14-16-3-2-8-22-13-16/h2-8,13H,9-12,14H2,1H3. The molecular formula is C20H21FN6O. The Kier molecular flexibility index (Phi) is 5.12. The first-order chi connectivity index (χ1) is 13.6. The van der Waals surface area contributed by atoms with E-state index in [9.17, 15) is 9.18 Å². The molecule has 4 rings (SSSR count). The van der Waals surface area contributed by atoms with Crippen molar-refractivity contribution in [3.63, 3.8) is 0 Å². The van der Waals surface area contributed by atoms with E-state index in [0.29, 0.717) is 24.6 Å². The number of nitrogens with zero attached hydrogens (tertiary/aromatic N) is 6. The van der Waals surface area contributed by atoms with Crippen molar-refractivity contribution < 1.29 is 9.18 Å². The van der Waals surface area contributed by atoms with Gasteiger partial charge in [0, 0.05) is 45.1 Å². The van der Waals surface area contributed by atoms with Gasteiger partial charge in [0.15, 0.2) is 0 Å². The largest absolute Gasteiger partial charge is 0.333 e. The molecule has 0 spiro atoms. The molecule has 0 atom stereocenters. The average Bonchev–Trinajstić information content (AvgIpc) is 3.11. The van der Waals surface area contributed by atoms with Crippen LogP contribution in [0.5, 0.6) is 0 Å². The maximum atomic E-state index is 13.1. The molecule has 0 radical (unpaired) electrons. The maximum absolute atomic E-state index is 13.1. The van der Waals surface area contributed by atoms with Crippen LogP contribution in [0.3, 0.4) is 0 Å². The predicted molar refractivity (Wildman–Crippen MR) is 101 cm³/mol. The number of benzene rings is 1. The number of aryl methyl sites for hydroxylation is 1. The molecule has 1 aromatic carbocycles. The van der Waals surface area contributed by atoms with Crippen LogP contribution in [0.25, 0.3) is 5.69 Å². The van der Waals surface area contributed by atoms with Gasteiger partial charge in [-0.25, -0.2) is 14.1 Å². The zero-order valence-electron chi connectivity index (χ0n) is 15.6. The molecule has 0 saturated carbocycles. The smallest absolute Gasteiger partial charge is 0.293 e. The van der Waals surface area contributed by atoms with Crippen molar-refractivity contribution in [2.45, 2.75) is 13.5 Å². The highest BCUT2D eigenvalue weighted by Crippen LogP contribution is 2.13. The van der Waals surface area contributed by atoms with E-state index >= 15 is 0 Å². The molecule has 144 valence electrons. The summed E-state index contributed by atoms with van der Waals surface area (Å²) in [6, 6.07) is 9.93. The molecule has 0 unspecified atom stereocenters. The minimum atomic E-state index is -0.318. The lowest BCUT2D eigenvalue weighted by atomic mass is 10.2. The van der Waals surface area contributed by atoms with Crippen LogP contribution in [0.4, 0.5) is 4.39 Å². The van der Waals surface area contributed by atoms with E-state index in [-0.39, 0.29) is 17.5 Å². The highest BCUT2D eigenvalue weighted by Gasteiger charge is 2.25. The fraction of sp³-hybridized carbons (Fsp3) is 0.300. The number of piperazine rings is 1. The second-order valence-corrected chi connectivity index (χ2v) is 6.80. The molecule has 3 heterocycles. The summed E-state index contributed by atoms with van der Waals surface area (Å²) in [7, 11) is 0. The minimum Gasteiger partial charge on any atom is -0.333 e. The number of carbonyl (C=O) groups is 1. The van der Waals surface area contributed by atoms with Gasteiger partial charge in [0.05, 0.1) is 5.69 Å². The lowest BCUT2D eigenvalue weighted by Gasteiger charge is -2.34. The summed E-state index contributed by atoms with van der Waals surface area (Å²) >= 11 is 0. The summed E-state index contributed by atoms with van der Waals surface area (Å²) in [5.74, 6) is 0.264. The minimum absolute atomic E-state index is 0.169. The lowest BCUT2D eigenvalue weighted by molar-refractivity contribution is 0.0616. The first-order valence-corrected chi connectivity index (χ1v) is 9.20. The lowest BCUT2D eigenvalue weighted by Crippen LogP contribution is -2.48. The number of hydrogen-bond donors (Lipinski definition) is 0. The Bertz CT molecular complexity index is 949. The molecule has 0 aliphatic carbocycles. The zero-order chi connectivity index (χ0) is 19.5. The normalized spacial score (nSPS) is 15.0. The fourth-order valence-corrected chi connectivity index (χ4v) is 3.31. The van der Waals surface area contributed by atoms with Gasteiger partial charge >= 0.3 is 0 Å². The van der Waals surface area contributed by atoms with E-state index in [1.807, 2.05) is 12.3 Å². The van der Waals surface area contributed by atoms with Gasteiger partial charge in [0.25, 0.3) is 5.91 Å². The van der Waals surface area contributed by atoms with E-state index < -0.39 is 0 Å². The number of amides is 1. The number of hydrogen-bond acceptors (Lipinski definition) is 5. The highest BCUT2D eigenvalue weighted by atomic mass is 19.1. The summed E-state index contributed by atoms with van der Waals surface area (Å²) in [6.45, 7) is 5.44. The Morgan fingerprint density at radius 1 is 1.11 bits per heavy atom. The Morgan fingerprint density at radius 3 is 2.54 bits per heavy atom. The van der Waals surface area contributed by atoms with Gasteiger partial charge in [-0.05, 0) is 42.8 Å². The summed E-state index contributed by atoms with van der Waals surface area (Å²) in [5.41, 5.74) is 1.84. The highest BCUT2D eigenvalue weighted by molar-refractivity contribution is 5.90. The van der Waals surface area contributed by atoms with Crippen LogP contribution < -0.4 is 0 Å². The number of halogens is 1. The van der Waals surface area contributed by atoms with Crippen molar-refractivity contribution in [3.05, 3.63) is 71.8 Å². The van der Waals surface area contributed by atoms with E-state index in [1.54, 1.807) is 34.8 Å². The van der Waals surface area contributed by atoms with Gasteiger partial charge in [-0.15, -0.1) is 5.10 Å². The summed E-state index contributed by atoms with van der Waals surface area (Å²) in [6.07, 6.45) is 3.63. The van der Waals surface area contributed by atoms with Crippen molar-refractivity contribution in [2.24, 2.45) is 0 Å². The average molecular weight is 380 g/mol. The fourth-order valence-electron chi connectivity index (χ4n) is 3.31. The third-order valence-electron chi connectivity index (χ3n) is 4.82. The number of pyridine rings is 1. The summed E-state index contributed by atoms with van der Waals surface area (Å²) in [4.78, 5) is 25.4. The second-order valence-electron chi connectivity index (χ2n) is 6.80. The van der Waals surface area contributed by atoms with Crippen molar-refractivity contribution in [1.82, 2.24) is 29.5 Å². The predicted octanol–water partition coefficient (Wildman–Crippen LogP) is 2.07.